The fourth-order valence-corrected chi connectivity index (χ4v) is 2.72. The van der Waals surface area contributed by atoms with Gasteiger partial charge in [0.15, 0.2) is 0 Å². The van der Waals surface area contributed by atoms with Crippen LogP contribution in [0, 0.1) is 5.82 Å². The molecule has 0 spiro atoms. The minimum absolute atomic E-state index is 0.281. The molecule has 1 N–H and O–H groups in total. The van der Waals surface area contributed by atoms with Crippen LogP contribution in [0.4, 0.5) is 4.39 Å². The first-order valence-corrected chi connectivity index (χ1v) is 6.98. The van der Waals surface area contributed by atoms with Gasteiger partial charge in [-0.25, -0.2) is 4.39 Å². The Labute approximate surface area is 111 Å². The minimum atomic E-state index is -0.281. The smallest absolute Gasteiger partial charge is 0.141 e. The monoisotopic (exact) mass is 269 g/mol. The molecule has 0 radical (unpaired) electrons. The van der Waals surface area contributed by atoms with E-state index in [9.17, 15) is 4.39 Å². The molecule has 2 aliphatic rings. The Morgan fingerprint density at radius 1 is 1.33 bits per heavy atom. The summed E-state index contributed by atoms with van der Waals surface area (Å²) in [5, 5.41) is 3.82. The number of benzene rings is 1. The zero-order valence-corrected chi connectivity index (χ0v) is 11.0. The van der Waals surface area contributed by atoms with Gasteiger partial charge in [-0.1, -0.05) is 11.6 Å². The molecular formula is C14H17ClFNO. The second-order valence-corrected chi connectivity index (χ2v) is 5.60. The highest BCUT2D eigenvalue weighted by Gasteiger charge is 2.27. The van der Waals surface area contributed by atoms with Crippen molar-refractivity contribution in [3.05, 3.63) is 28.5 Å². The average molecular weight is 270 g/mol. The van der Waals surface area contributed by atoms with Gasteiger partial charge in [-0.05, 0) is 50.8 Å². The first-order chi connectivity index (χ1) is 8.72. The van der Waals surface area contributed by atoms with E-state index < -0.39 is 0 Å². The average Bonchev–Trinajstić information content (AvgIpc) is 2.99. The molecule has 1 saturated carbocycles. The lowest BCUT2D eigenvalue weighted by molar-refractivity contribution is 0.298. The molecular weight excluding hydrogens is 253 g/mol. The number of halogens is 2. The molecule has 1 aliphatic heterocycles. The Morgan fingerprint density at radius 3 is 2.83 bits per heavy atom. The van der Waals surface area contributed by atoms with Gasteiger partial charge in [-0.2, -0.15) is 0 Å². The van der Waals surface area contributed by atoms with E-state index in [1.807, 2.05) is 0 Å². The number of hydrogen-bond donors (Lipinski definition) is 1. The van der Waals surface area contributed by atoms with E-state index in [4.69, 9.17) is 16.3 Å². The predicted molar refractivity (Wildman–Crippen MR) is 69.8 cm³/mol. The molecule has 4 heteroatoms. The van der Waals surface area contributed by atoms with Crippen molar-refractivity contribution in [3.63, 3.8) is 0 Å². The van der Waals surface area contributed by atoms with Gasteiger partial charge in [0, 0.05) is 11.6 Å². The normalized spacial score (nSPS) is 23.3. The number of ether oxygens (including phenoxy) is 1. The van der Waals surface area contributed by atoms with Gasteiger partial charge in [0.25, 0.3) is 0 Å². The Balaban J connectivity index is 1.83. The highest BCUT2D eigenvalue weighted by Crippen LogP contribution is 2.36. The Hall–Kier alpha value is -0.800. The van der Waals surface area contributed by atoms with Gasteiger partial charge in [-0.15, -0.1) is 0 Å². The lowest BCUT2D eigenvalue weighted by atomic mass is 10.0. The van der Waals surface area contributed by atoms with Gasteiger partial charge in [0.2, 0.25) is 0 Å². The Bertz CT molecular complexity index is 442. The van der Waals surface area contributed by atoms with Crippen molar-refractivity contribution in [3.8, 4) is 5.75 Å². The van der Waals surface area contributed by atoms with E-state index in [1.54, 1.807) is 6.07 Å². The molecule has 2 fully saturated rings. The second kappa shape index (κ2) is 5.06. The quantitative estimate of drug-likeness (QED) is 0.905. The van der Waals surface area contributed by atoms with Crippen molar-refractivity contribution in [2.24, 2.45) is 0 Å². The van der Waals surface area contributed by atoms with Crippen LogP contribution in [0.3, 0.4) is 0 Å². The molecule has 0 bridgehead atoms. The Morgan fingerprint density at radius 2 is 2.17 bits per heavy atom. The van der Waals surface area contributed by atoms with Crippen LogP contribution in [-0.4, -0.2) is 18.7 Å². The van der Waals surface area contributed by atoms with Crippen LogP contribution in [0.5, 0.6) is 5.75 Å². The minimum Gasteiger partial charge on any atom is -0.489 e. The maximum atomic E-state index is 13.5. The van der Waals surface area contributed by atoms with Gasteiger partial charge < -0.3 is 10.1 Å². The summed E-state index contributed by atoms with van der Waals surface area (Å²) in [7, 11) is 0. The molecule has 1 saturated heterocycles. The summed E-state index contributed by atoms with van der Waals surface area (Å²) in [5.74, 6) is 0.408. The molecule has 0 aromatic heterocycles. The molecule has 1 aromatic carbocycles. The Kier molecular flexibility index (Phi) is 3.44. The maximum Gasteiger partial charge on any atom is 0.141 e. The predicted octanol–water partition coefficient (Wildman–Crippen LogP) is 3.31. The third-order valence-electron chi connectivity index (χ3n) is 3.52. The third kappa shape index (κ3) is 2.78. The van der Waals surface area contributed by atoms with E-state index >= 15 is 0 Å². The third-order valence-corrected chi connectivity index (χ3v) is 3.80. The van der Waals surface area contributed by atoms with E-state index in [0.717, 1.165) is 37.8 Å². The summed E-state index contributed by atoms with van der Waals surface area (Å²) in [6, 6.07) is 3.32. The van der Waals surface area contributed by atoms with E-state index in [-0.39, 0.29) is 11.9 Å². The SMILES string of the molecule is Fc1cc(Cl)c(OC2CC2)c(CC2CCCN2)c1. The molecule has 3 rings (SSSR count). The molecule has 2 nitrogen and oxygen atoms in total. The molecule has 1 aromatic rings. The van der Waals surface area contributed by atoms with Crippen LogP contribution in [0.2, 0.25) is 5.02 Å². The van der Waals surface area contributed by atoms with Crippen LogP contribution in [0.15, 0.2) is 12.1 Å². The van der Waals surface area contributed by atoms with Crippen LogP contribution in [-0.2, 0) is 6.42 Å². The number of rotatable bonds is 4. The van der Waals surface area contributed by atoms with Gasteiger partial charge in [0.1, 0.15) is 11.6 Å². The summed E-state index contributed by atoms with van der Waals surface area (Å²) in [6.07, 6.45) is 5.55. The summed E-state index contributed by atoms with van der Waals surface area (Å²) in [4.78, 5) is 0. The zero-order chi connectivity index (χ0) is 12.5. The van der Waals surface area contributed by atoms with Gasteiger partial charge >= 0.3 is 0 Å². The zero-order valence-electron chi connectivity index (χ0n) is 10.2. The van der Waals surface area contributed by atoms with Crippen molar-refractivity contribution in [2.45, 2.75) is 44.2 Å². The summed E-state index contributed by atoms with van der Waals surface area (Å²) in [6.45, 7) is 1.05. The molecule has 1 aliphatic carbocycles. The fraction of sp³-hybridized carbons (Fsp3) is 0.571. The summed E-state index contributed by atoms with van der Waals surface area (Å²) in [5.41, 5.74) is 0.895. The van der Waals surface area contributed by atoms with E-state index in [0.29, 0.717) is 16.8 Å². The summed E-state index contributed by atoms with van der Waals surface area (Å²) < 4.78 is 19.3. The number of nitrogens with one attached hydrogen (secondary N) is 1. The highest BCUT2D eigenvalue weighted by molar-refractivity contribution is 6.32. The second-order valence-electron chi connectivity index (χ2n) is 5.19. The largest absolute Gasteiger partial charge is 0.489 e. The lowest BCUT2D eigenvalue weighted by Gasteiger charge is -2.16. The van der Waals surface area contributed by atoms with E-state index in [2.05, 4.69) is 5.32 Å². The molecule has 98 valence electrons. The van der Waals surface area contributed by atoms with Crippen LogP contribution < -0.4 is 10.1 Å². The van der Waals surface area contributed by atoms with Crippen LogP contribution >= 0.6 is 11.6 Å². The topological polar surface area (TPSA) is 21.3 Å². The van der Waals surface area contributed by atoms with Crippen LogP contribution in [0.1, 0.15) is 31.2 Å². The standard InChI is InChI=1S/C14H17ClFNO/c15-13-8-10(16)6-9(7-11-2-1-5-17-11)14(13)18-12-3-4-12/h6,8,11-12,17H,1-5,7H2. The van der Waals surface area contributed by atoms with Crippen LogP contribution in [0.25, 0.3) is 0 Å². The molecule has 18 heavy (non-hydrogen) atoms. The fourth-order valence-electron chi connectivity index (χ4n) is 2.45. The van der Waals surface area contributed by atoms with Crippen molar-refractivity contribution >= 4 is 11.6 Å². The van der Waals surface area contributed by atoms with E-state index in [1.165, 1.54) is 12.5 Å². The molecule has 1 unspecified atom stereocenters. The van der Waals surface area contributed by atoms with Crippen molar-refractivity contribution in [1.82, 2.24) is 5.32 Å². The van der Waals surface area contributed by atoms with Crippen molar-refractivity contribution < 1.29 is 9.13 Å². The van der Waals surface area contributed by atoms with Gasteiger partial charge in [-0.3, -0.25) is 0 Å². The summed E-state index contributed by atoms with van der Waals surface area (Å²) >= 11 is 6.11. The molecule has 1 atom stereocenters. The molecule has 1 heterocycles. The van der Waals surface area contributed by atoms with Crippen molar-refractivity contribution in [1.29, 1.82) is 0 Å². The first kappa shape index (κ1) is 12.2. The maximum absolute atomic E-state index is 13.5. The molecule has 0 amide bonds. The van der Waals surface area contributed by atoms with Gasteiger partial charge in [0.05, 0.1) is 11.1 Å². The first-order valence-electron chi connectivity index (χ1n) is 6.60. The lowest BCUT2D eigenvalue weighted by Crippen LogP contribution is -2.24. The number of hydrogen-bond acceptors (Lipinski definition) is 2. The van der Waals surface area contributed by atoms with Crippen molar-refractivity contribution in [2.75, 3.05) is 6.54 Å². The highest BCUT2D eigenvalue weighted by atomic mass is 35.5.